The van der Waals surface area contributed by atoms with Crippen LogP contribution in [0.5, 0.6) is 0 Å². The molecule has 0 aromatic carbocycles. The van der Waals surface area contributed by atoms with Gasteiger partial charge in [-0.15, -0.1) is 0 Å². The van der Waals surface area contributed by atoms with E-state index < -0.39 is 6.48 Å². The third-order valence-electron chi connectivity index (χ3n) is 4.00. The molecule has 1 heterocycles. The maximum absolute atomic E-state index is 6.00. The fourth-order valence-corrected chi connectivity index (χ4v) is 2.97. The molecule has 2 rings (SSSR count). The van der Waals surface area contributed by atoms with Gasteiger partial charge in [0.25, 0.3) is 6.48 Å². The van der Waals surface area contributed by atoms with E-state index in [1.54, 1.807) is 0 Å². The zero-order valence-electron chi connectivity index (χ0n) is 10.0. The lowest BCUT2D eigenvalue weighted by atomic mass is 9.71. The fourth-order valence-electron chi connectivity index (χ4n) is 2.97. The van der Waals surface area contributed by atoms with Gasteiger partial charge in [-0.05, 0) is 33.1 Å². The number of hydrogen-bond acceptors (Lipinski definition) is 3. The highest BCUT2D eigenvalue weighted by atomic mass is 16.9. The summed E-state index contributed by atoms with van der Waals surface area (Å²) in [5.74, 6) is 0. The highest BCUT2D eigenvalue weighted by Gasteiger charge is 2.58. The van der Waals surface area contributed by atoms with E-state index >= 15 is 0 Å². The Labute approximate surface area is 92.1 Å². The predicted octanol–water partition coefficient (Wildman–Crippen LogP) is 2.83. The Hall–Kier alpha value is -0.120. The van der Waals surface area contributed by atoms with E-state index in [-0.39, 0.29) is 11.2 Å². The van der Waals surface area contributed by atoms with Crippen molar-refractivity contribution in [3.8, 4) is 0 Å². The van der Waals surface area contributed by atoms with Gasteiger partial charge in [-0.2, -0.15) is 0 Å². The average Bonchev–Trinajstić information content (AvgIpc) is 2.51. The fraction of sp³-hybridized carbons (Fsp3) is 1.00. The van der Waals surface area contributed by atoms with E-state index in [4.69, 9.17) is 14.2 Å². The van der Waals surface area contributed by atoms with Gasteiger partial charge < -0.3 is 14.2 Å². The summed E-state index contributed by atoms with van der Waals surface area (Å²) < 4.78 is 17.4. The second-order valence-electron chi connectivity index (χ2n) is 4.77. The highest BCUT2D eigenvalue weighted by molar-refractivity contribution is 5.04. The molecule has 0 spiro atoms. The lowest BCUT2D eigenvalue weighted by Gasteiger charge is -2.43. The Morgan fingerprint density at radius 2 is 1.93 bits per heavy atom. The first-order valence-electron chi connectivity index (χ1n) is 6.13. The maximum atomic E-state index is 6.00. The molecule has 3 heteroatoms. The summed E-state index contributed by atoms with van der Waals surface area (Å²) in [6.45, 7) is 6.52. The lowest BCUT2D eigenvalue weighted by molar-refractivity contribution is -0.254. The van der Waals surface area contributed by atoms with Crippen LogP contribution in [0.2, 0.25) is 0 Å². The van der Waals surface area contributed by atoms with Gasteiger partial charge in [0.15, 0.2) is 0 Å². The van der Waals surface area contributed by atoms with Crippen LogP contribution in [0, 0.1) is 0 Å². The third-order valence-corrected chi connectivity index (χ3v) is 4.00. The maximum Gasteiger partial charge on any atom is 0.272 e. The summed E-state index contributed by atoms with van der Waals surface area (Å²) in [7, 11) is 0. The molecule has 0 amide bonds. The van der Waals surface area contributed by atoms with Crippen LogP contribution in [0.4, 0.5) is 0 Å². The van der Waals surface area contributed by atoms with Gasteiger partial charge in [0.1, 0.15) is 11.2 Å². The summed E-state index contributed by atoms with van der Waals surface area (Å²) in [6.07, 6.45) is 5.67. The second kappa shape index (κ2) is 4.04. The van der Waals surface area contributed by atoms with Gasteiger partial charge >= 0.3 is 0 Å². The van der Waals surface area contributed by atoms with Crippen molar-refractivity contribution in [2.24, 2.45) is 0 Å². The molecule has 2 aliphatic rings. The van der Waals surface area contributed by atoms with Crippen molar-refractivity contribution < 1.29 is 14.2 Å². The molecule has 88 valence electrons. The van der Waals surface area contributed by atoms with E-state index in [9.17, 15) is 0 Å². The molecule has 0 bridgehead atoms. The Balaban J connectivity index is 2.16. The van der Waals surface area contributed by atoms with Crippen molar-refractivity contribution in [1.82, 2.24) is 0 Å². The molecule has 0 aromatic heterocycles. The summed E-state index contributed by atoms with van der Waals surface area (Å²) in [5, 5.41) is 0. The van der Waals surface area contributed by atoms with E-state index in [0.29, 0.717) is 6.61 Å². The minimum Gasteiger partial charge on any atom is -0.330 e. The normalized spacial score (nSPS) is 45.4. The van der Waals surface area contributed by atoms with Crippen molar-refractivity contribution in [2.45, 2.75) is 70.6 Å². The monoisotopic (exact) mass is 214 g/mol. The van der Waals surface area contributed by atoms with Gasteiger partial charge in [0, 0.05) is 6.61 Å². The summed E-state index contributed by atoms with van der Waals surface area (Å²) in [4.78, 5) is 0. The molecule has 0 radical (unpaired) electrons. The summed E-state index contributed by atoms with van der Waals surface area (Å²) >= 11 is 0. The lowest BCUT2D eigenvalue weighted by Crippen LogP contribution is -2.51. The number of hydrogen-bond donors (Lipinski definition) is 0. The van der Waals surface area contributed by atoms with Crippen LogP contribution in [0.3, 0.4) is 0 Å². The molecule has 15 heavy (non-hydrogen) atoms. The smallest absolute Gasteiger partial charge is 0.272 e. The molecule has 0 aromatic rings. The Bertz CT molecular complexity index is 231. The van der Waals surface area contributed by atoms with Crippen molar-refractivity contribution >= 4 is 0 Å². The molecule has 2 fully saturated rings. The van der Waals surface area contributed by atoms with Gasteiger partial charge in [-0.25, -0.2) is 0 Å². The topological polar surface area (TPSA) is 27.7 Å². The summed E-state index contributed by atoms with van der Waals surface area (Å²) in [6, 6.07) is 0. The van der Waals surface area contributed by atoms with Crippen LogP contribution >= 0.6 is 0 Å². The Morgan fingerprint density at radius 1 is 1.20 bits per heavy atom. The standard InChI is InChI=1S/C12H22O3/c1-4-12-9-7-6-8-11(12,3)14-10(15-12)13-5-2/h10H,4-9H2,1-3H3. The molecule has 1 aliphatic heterocycles. The third kappa shape index (κ3) is 1.71. The van der Waals surface area contributed by atoms with Gasteiger partial charge in [-0.1, -0.05) is 19.8 Å². The van der Waals surface area contributed by atoms with Gasteiger partial charge in [0.05, 0.1) is 0 Å². The first-order valence-corrected chi connectivity index (χ1v) is 6.13. The first-order chi connectivity index (χ1) is 7.16. The van der Waals surface area contributed by atoms with Crippen LogP contribution in [0.15, 0.2) is 0 Å². The quantitative estimate of drug-likeness (QED) is 0.723. The van der Waals surface area contributed by atoms with E-state index in [0.717, 1.165) is 19.3 Å². The van der Waals surface area contributed by atoms with Crippen molar-refractivity contribution in [3.63, 3.8) is 0 Å². The van der Waals surface area contributed by atoms with Crippen LogP contribution in [-0.4, -0.2) is 24.3 Å². The largest absolute Gasteiger partial charge is 0.330 e. The Morgan fingerprint density at radius 3 is 2.53 bits per heavy atom. The first kappa shape index (κ1) is 11.4. The van der Waals surface area contributed by atoms with E-state index in [2.05, 4.69) is 13.8 Å². The summed E-state index contributed by atoms with van der Waals surface area (Å²) in [5.41, 5.74) is -0.245. The van der Waals surface area contributed by atoms with Crippen LogP contribution in [0.25, 0.3) is 0 Å². The molecule has 1 aliphatic carbocycles. The molecule has 0 N–H and O–H groups in total. The number of rotatable bonds is 3. The molecule has 1 saturated heterocycles. The predicted molar refractivity (Wildman–Crippen MR) is 57.5 cm³/mol. The second-order valence-corrected chi connectivity index (χ2v) is 4.77. The number of ether oxygens (including phenoxy) is 3. The van der Waals surface area contributed by atoms with Gasteiger partial charge in [0.2, 0.25) is 0 Å². The number of fused-ring (bicyclic) bond motifs is 1. The van der Waals surface area contributed by atoms with Crippen molar-refractivity contribution in [3.05, 3.63) is 0 Å². The van der Waals surface area contributed by atoms with Gasteiger partial charge in [-0.3, -0.25) is 0 Å². The zero-order valence-corrected chi connectivity index (χ0v) is 10.0. The van der Waals surface area contributed by atoms with Crippen LogP contribution < -0.4 is 0 Å². The minimum absolute atomic E-state index is 0.106. The SMILES string of the molecule is CCOC1OC2(C)CCCCC2(CC)O1. The molecule has 3 nitrogen and oxygen atoms in total. The van der Waals surface area contributed by atoms with Crippen molar-refractivity contribution in [1.29, 1.82) is 0 Å². The Kier molecular flexibility index (Phi) is 3.06. The van der Waals surface area contributed by atoms with E-state index in [1.807, 2.05) is 6.92 Å². The van der Waals surface area contributed by atoms with Crippen LogP contribution in [-0.2, 0) is 14.2 Å². The van der Waals surface area contributed by atoms with Crippen LogP contribution in [0.1, 0.15) is 52.9 Å². The molecule has 3 atom stereocenters. The minimum atomic E-state index is -0.446. The highest BCUT2D eigenvalue weighted by Crippen LogP contribution is 2.50. The molecule has 3 unspecified atom stereocenters. The average molecular weight is 214 g/mol. The van der Waals surface area contributed by atoms with E-state index in [1.165, 1.54) is 12.8 Å². The zero-order chi connectivity index (χ0) is 10.9. The van der Waals surface area contributed by atoms with Crippen molar-refractivity contribution in [2.75, 3.05) is 6.61 Å². The molecular formula is C12H22O3. The molecular weight excluding hydrogens is 192 g/mol. The molecule has 1 saturated carbocycles.